The summed E-state index contributed by atoms with van der Waals surface area (Å²) in [5.41, 5.74) is -0.544. The number of Topliss-reactive ketones (excluding diaryl/α,β-unsaturated/α-hetero) is 1. The van der Waals surface area contributed by atoms with Crippen molar-refractivity contribution in [3.05, 3.63) is 23.3 Å². The molecule has 7 atom stereocenters. The van der Waals surface area contributed by atoms with E-state index in [-0.39, 0.29) is 57.6 Å². The molecule has 0 N–H and O–H groups in total. The molecule has 3 fully saturated rings. The Labute approximate surface area is 215 Å². The summed E-state index contributed by atoms with van der Waals surface area (Å²) >= 11 is 0. The maximum absolute atomic E-state index is 14.2. The number of carbonyl (C=O) groups is 3. The van der Waals surface area contributed by atoms with E-state index in [2.05, 4.69) is 33.8 Å². The first-order chi connectivity index (χ1) is 16.7. The van der Waals surface area contributed by atoms with Crippen LogP contribution in [-0.4, -0.2) is 24.6 Å². The molecule has 0 bridgehead atoms. The van der Waals surface area contributed by atoms with E-state index in [1.807, 2.05) is 26.0 Å². The molecular weight excluding hydrogens is 450 g/mol. The van der Waals surface area contributed by atoms with Crippen molar-refractivity contribution in [1.82, 2.24) is 0 Å². The van der Waals surface area contributed by atoms with Crippen molar-refractivity contribution in [3.8, 4) is 6.07 Å². The van der Waals surface area contributed by atoms with Gasteiger partial charge in [0, 0.05) is 16.7 Å². The molecule has 3 saturated carbocycles. The summed E-state index contributed by atoms with van der Waals surface area (Å²) in [5.74, 6) is -0.102. The van der Waals surface area contributed by atoms with Gasteiger partial charge in [0.25, 0.3) is 0 Å². The van der Waals surface area contributed by atoms with Gasteiger partial charge < -0.3 is 4.74 Å². The first kappa shape index (κ1) is 25.4. The van der Waals surface area contributed by atoms with E-state index in [9.17, 15) is 19.6 Å². The van der Waals surface area contributed by atoms with Gasteiger partial charge in [-0.25, -0.2) is 0 Å². The quantitative estimate of drug-likeness (QED) is 0.421. The minimum Gasteiger partial charge on any atom is -0.469 e. The number of ketones is 2. The Hall–Kier alpha value is -2.22. The van der Waals surface area contributed by atoms with E-state index in [0.717, 1.165) is 50.5 Å². The zero-order valence-electron chi connectivity index (χ0n) is 23.0. The standard InChI is InChI=1S/C31H41NO4/c1-27(2)12-13-31(26(35)36-7)11-8-19-24(20(31)16-27)21(33)14-23-29(19,5)10-9-22-28(3,4)25(34)18(17-32)15-30(22,23)6/h14-15,19-20,22,24H,8-13,16H2,1-7H3. The van der Waals surface area contributed by atoms with Crippen LogP contribution in [0.3, 0.4) is 0 Å². The largest absolute Gasteiger partial charge is 0.469 e. The van der Waals surface area contributed by atoms with Crippen LogP contribution >= 0.6 is 0 Å². The van der Waals surface area contributed by atoms with Crippen LogP contribution in [0.15, 0.2) is 23.3 Å². The van der Waals surface area contributed by atoms with Crippen molar-refractivity contribution in [2.24, 2.45) is 50.7 Å². The Balaban J connectivity index is 1.66. The number of ether oxygens (including phenoxy) is 1. The first-order valence-electron chi connectivity index (χ1n) is 13.7. The van der Waals surface area contributed by atoms with Crippen molar-refractivity contribution in [2.75, 3.05) is 7.11 Å². The van der Waals surface area contributed by atoms with E-state index >= 15 is 0 Å². The Bertz CT molecular complexity index is 1150. The predicted molar refractivity (Wildman–Crippen MR) is 136 cm³/mol. The smallest absolute Gasteiger partial charge is 0.312 e. The van der Waals surface area contributed by atoms with Crippen LogP contribution in [0, 0.1) is 62.1 Å². The van der Waals surface area contributed by atoms with Crippen molar-refractivity contribution in [1.29, 1.82) is 5.26 Å². The molecule has 0 aliphatic heterocycles. The first-order valence-corrected chi connectivity index (χ1v) is 13.7. The number of nitrogens with zero attached hydrogens (tertiary/aromatic N) is 1. The molecule has 5 nitrogen and oxygen atoms in total. The van der Waals surface area contributed by atoms with Crippen molar-refractivity contribution in [2.45, 2.75) is 86.5 Å². The van der Waals surface area contributed by atoms with Gasteiger partial charge in [-0.15, -0.1) is 0 Å². The third-order valence-electron chi connectivity index (χ3n) is 11.7. The Morgan fingerprint density at radius 3 is 2.33 bits per heavy atom. The molecule has 0 aromatic carbocycles. The maximum atomic E-state index is 14.2. The van der Waals surface area contributed by atoms with Crippen LogP contribution in [0.4, 0.5) is 0 Å². The topological polar surface area (TPSA) is 84.2 Å². The molecule has 0 radical (unpaired) electrons. The van der Waals surface area contributed by atoms with Crippen LogP contribution in [0.5, 0.6) is 0 Å². The third kappa shape index (κ3) is 3.09. The predicted octanol–water partition coefficient (Wildman–Crippen LogP) is 5.99. The summed E-state index contributed by atoms with van der Waals surface area (Å²) in [7, 11) is 1.48. The molecule has 5 aliphatic rings. The summed E-state index contributed by atoms with van der Waals surface area (Å²) in [6, 6.07) is 2.16. The highest BCUT2D eigenvalue weighted by Crippen LogP contribution is 2.70. The molecule has 7 unspecified atom stereocenters. The number of allylic oxidation sites excluding steroid dienone is 4. The number of methoxy groups -OCH3 is 1. The Kier molecular flexibility index (Phi) is 5.40. The number of nitriles is 1. The van der Waals surface area contributed by atoms with Crippen LogP contribution < -0.4 is 0 Å². The van der Waals surface area contributed by atoms with Crippen LogP contribution in [-0.2, 0) is 19.1 Å². The summed E-state index contributed by atoms with van der Waals surface area (Å²) in [5, 5.41) is 9.81. The minimum atomic E-state index is -0.656. The van der Waals surface area contributed by atoms with E-state index in [4.69, 9.17) is 4.74 Å². The van der Waals surface area contributed by atoms with Crippen LogP contribution in [0.2, 0.25) is 0 Å². The molecular formula is C31H41NO4. The Morgan fingerprint density at radius 2 is 1.69 bits per heavy atom. The van der Waals surface area contributed by atoms with Gasteiger partial charge in [0.05, 0.1) is 18.1 Å². The fourth-order valence-corrected chi connectivity index (χ4v) is 9.83. The molecule has 0 spiro atoms. The second-order valence-corrected chi connectivity index (χ2v) is 14.3. The van der Waals surface area contributed by atoms with Gasteiger partial charge in [0.2, 0.25) is 0 Å². The highest BCUT2D eigenvalue weighted by atomic mass is 16.5. The fourth-order valence-electron chi connectivity index (χ4n) is 9.83. The molecule has 5 heteroatoms. The molecule has 5 aliphatic carbocycles. The number of fused-ring (bicyclic) bond motifs is 7. The van der Waals surface area contributed by atoms with Crippen LogP contribution in [0.25, 0.3) is 0 Å². The molecule has 0 aromatic rings. The number of hydrogen-bond acceptors (Lipinski definition) is 5. The minimum absolute atomic E-state index is 0.0188. The normalized spacial score (nSPS) is 44.5. The van der Waals surface area contributed by atoms with Gasteiger partial charge in [-0.1, -0.05) is 53.2 Å². The molecule has 36 heavy (non-hydrogen) atoms. The lowest BCUT2D eigenvalue weighted by atomic mass is 9.38. The SMILES string of the molecule is COC(=O)C12CCC3C(C(=O)C=C4C5(C)C=C(C#N)C(=O)C(C)(C)C5CCC43C)C1CC(C)(C)CC2. The summed E-state index contributed by atoms with van der Waals surface area (Å²) < 4.78 is 5.37. The summed E-state index contributed by atoms with van der Waals surface area (Å²) in [4.78, 5) is 40.6. The molecule has 0 heterocycles. The number of hydrogen-bond donors (Lipinski definition) is 0. The number of rotatable bonds is 1. The van der Waals surface area contributed by atoms with Gasteiger partial charge in [0.15, 0.2) is 11.6 Å². The van der Waals surface area contributed by atoms with Gasteiger partial charge in [0.1, 0.15) is 6.07 Å². The lowest BCUT2D eigenvalue weighted by Gasteiger charge is -2.64. The summed E-state index contributed by atoms with van der Waals surface area (Å²) in [6.07, 6.45) is 9.77. The lowest BCUT2D eigenvalue weighted by molar-refractivity contribution is -0.178. The van der Waals surface area contributed by atoms with Crippen LogP contribution in [0.1, 0.15) is 86.5 Å². The highest BCUT2D eigenvalue weighted by molar-refractivity contribution is 6.04. The zero-order chi connectivity index (χ0) is 26.5. The van der Waals surface area contributed by atoms with E-state index in [1.165, 1.54) is 7.11 Å². The van der Waals surface area contributed by atoms with Gasteiger partial charge in [-0.05, 0) is 79.6 Å². The van der Waals surface area contributed by atoms with Gasteiger partial charge in [-0.2, -0.15) is 5.26 Å². The monoisotopic (exact) mass is 491 g/mol. The highest BCUT2D eigenvalue weighted by Gasteiger charge is 2.67. The van der Waals surface area contributed by atoms with Gasteiger partial charge in [-0.3, -0.25) is 14.4 Å². The van der Waals surface area contributed by atoms with E-state index < -0.39 is 16.2 Å². The van der Waals surface area contributed by atoms with Crippen molar-refractivity contribution < 1.29 is 19.1 Å². The molecule has 0 aromatic heterocycles. The average Bonchev–Trinajstić information content (AvgIpc) is 2.81. The molecule has 194 valence electrons. The third-order valence-corrected chi connectivity index (χ3v) is 11.7. The second-order valence-electron chi connectivity index (χ2n) is 14.3. The van der Waals surface area contributed by atoms with E-state index in [0.29, 0.717) is 0 Å². The average molecular weight is 492 g/mol. The summed E-state index contributed by atoms with van der Waals surface area (Å²) in [6.45, 7) is 12.9. The lowest BCUT2D eigenvalue weighted by Crippen LogP contribution is -2.62. The Morgan fingerprint density at radius 1 is 1.00 bits per heavy atom. The maximum Gasteiger partial charge on any atom is 0.312 e. The zero-order valence-corrected chi connectivity index (χ0v) is 23.0. The molecule has 5 rings (SSSR count). The molecule has 0 saturated heterocycles. The number of carbonyl (C=O) groups excluding carboxylic acids is 3. The number of esters is 1. The van der Waals surface area contributed by atoms with Gasteiger partial charge >= 0.3 is 5.97 Å². The van der Waals surface area contributed by atoms with Crippen molar-refractivity contribution in [3.63, 3.8) is 0 Å². The van der Waals surface area contributed by atoms with E-state index in [1.54, 1.807) is 0 Å². The molecule has 0 amide bonds. The second kappa shape index (κ2) is 7.65. The van der Waals surface area contributed by atoms with Crippen molar-refractivity contribution >= 4 is 17.5 Å². The fraction of sp³-hybridized carbons (Fsp3) is 0.742.